The van der Waals surface area contributed by atoms with Crippen molar-refractivity contribution in [3.63, 3.8) is 0 Å². The van der Waals surface area contributed by atoms with Gasteiger partial charge in [-0.1, -0.05) is 23.4 Å². The van der Waals surface area contributed by atoms with Gasteiger partial charge in [0.2, 0.25) is 0 Å². The summed E-state index contributed by atoms with van der Waals surface area (Å²) in [6, 6.07) is 15.8. The quantitative estimate of drug-likeness (QED) is 0.440. The van der Waals surface area contributed by atoms with E-state index < -0.39 is 18.5 Å². The van der Waals surface area contributed by atoms with Gasteiger partial charge in [0, 0.05) is 28.5 Å². The molecule has 1 amide bonds. The van der Waals surface area contributed by atoms with E-state index >= 15 is 0 Å². The number of carbonyl (C=O) groups is 2. The van der Waals surface area contributed by atoms with Gasteiger partial charge in [0.05, 0.1) is 18.4 Å². The van der Waals surface area contributed by atoms with Crippen LogP contribution in [-0.2, 0) is 15.3 Å². The number of methoxy groups -OCH3 is 1. The van der Waals surface area contributed by atoms with Crippen LogP contribution in [0.25, 0.3) is 0 Å². The maximum absolute atomic E-state index is 12.5. The van der Waals surface area contributed by atoms with Crippen molar-refractivity contribution in [2.45, 2.75) is 17.6 Å². The molecule has 0 radical (unpaired) electrons. The number of benzene rings is 2. The summed E-state index contributed by atoms with van der Waals surface area (Å²) < 4.78 is 15.3. The molecule has 2 aromatic carbocycles. The highest BCUT2D eigenvalue weighted by Gasteiger charge is 2.15. The topological polar surface area (TPSA) is 90.7 Å². The molecule has 1 aromatic heterocycles. The molecule has 0 unspecified atom stereocenters. The highest BCUT2D eigenvalue weighted by molar-refractivity contribution is 7.98. The molecule has 7 nitrogen and oxygen atoms in total. The number of nitrogens with one attached hydrogen (secondary N) is 1. The summed E-state index contributed by atoms with van der Waals surface area (Å²) in [4.78, 5) is 25.3. The Morgan fingerprint density at radius 3 is 2.72 bits per heavy atom. The first-order valence-corrected chi connectivity index (χ1v) is 9.79. The predicted molar refractivity (Wildman–Crippen MR) is 109 cm³/mol. The number of amides is 1. The van der Waals surface area contributed by atoms with Crippen molar-refractivity contribution in [1.29, 1.82) is 0 Å². The number of aromatic nitrogens is 1. The van der Waals surface area contributed by atoms with E-state index in [1.165, 1.54) is 11.8 Å². The Morgan fingerprint density at radius 2 is 1.97 bits per heavy atom. The van der Waals surface area contributed by atoms with Gasteiger partial charge in [-0.2, -0.15) is 0 Å². The molecule has 0 aliphatic heterocycles. The van der Waals surface area contributed by atoms with Crippen molar-refractivity contribution in [2.75, 3.05) is 19.0 Å². The van der Waals surface area contributed by atoms with Gasteiger partial charge in [0.15, 0.2) is 6.61 Å². The molecule has 29 heavy (non-hydrogen) atoms. The fourth-order valence-corrected chi connectivity index (χ4v) is 3.43. The normalized spacial score (nSPS) is 10.4. The Morgan fingerprint density at radius 1 is 1.14 bits per heavy atom. The van der Waals surface area contributed by atoms with E-state index in [0.29, 0.717) is 22.8 Å². The van der Waals surface area contributed by atoms with Crippen LogP contribution < -0.4 is 10.1 Å². The van der Waals surface area contributed by atoms with Gasteiger partial charge in [-0.3, -0.25) is 4.79 Å². The molecular weight excluding hydrogens is 392 g/mol. The molecule has 0 spiro atoms. The van der Waals surface area contributed by atoms with Crippen LogP contribution in [0, 0.1) is 6.92 Å². The number of thioether (sulfide) groups is 1. The molecule has 0 aliphatic carbocycles. The molecular formula is C21H20N2O5S. The molecule has 3 rings (SSSR count). The van der Waals surface area contributed by atoms with Crippen molar-refractivity contribution >= 4 is 29.3 Å². The van der Waals surface area contributed by atoms with Gasteiger partial charge in [0.25, 0.3) is 5.91 Å². The lowest BCUT2D eigenvalue weighted by Crippen LogP contribution is -2.21. The number of hydrogen-bond acceptors (Lipinski definition) is 7. The zero-order valence-corrected chi connectivity index (χ0v) is 16.8. The minimum atomic E-state index is -0.565. The van der Waals surface area contributed by atoms with Crippen LogP contribution in [0.2, 0.25) is 0 Å². The summed E-state index contributed by atoms with van der Waals surface area (Å²) in [5.41, 5.74) is 1.74. The van der Waals surface area contributed by atoms with Crippen molar-refractivity contribution in [3.8, 4) is 5.75 Å². The Labute approximate surface area is 172 Å². The lowest BCUT2D eigenvalue weighted by molar-refractivity contribution is -0.119. The van der Waals surface area contributed by atoms with Crippen LogP contribution in [-0.4, -0.2) is 30.7 Å². The maximum Gasteiger partial charge on any atom is 0.339 e. The Kier molecular flexibility index (Phi) is 6.91. The van der Waals surface area contributed by atoms with Crippen LogP contribution >= 0.6 is 11.8 Å². The zero-order chi connectivity index (χ0) is 20.6. The highest BCUT2D eigenvalue weighted by atomic mass is 32.2. The summed E-state index contributed by atoms with van der Waals surface area (Å²) in [5, 5.41) is 6.61. The number of nitrogens with zero attached hydrogens (tertiary/aromatic N) is 1. The van der Waals surface area contributed by atoms with Crippen LogP contribution in [0.1, 0.15) is 21.8 Å². The number of rotatable bonds is 8. The van der Waals surface area contributed by atoms with E-state index in [0.717, 1.165) is 16.3 Å². The molecule has 0 atom stereocenters. The monoisotopic (exact) mass is 412 g/mol. The standard InChI is InChI=1S/C21H20N2O5S/c1-14-10-16(23-28-14)13-29-19-9-4-3-8-18(19)21(25)27-12-20(24)22-15-6-5-7-17(11-15)26-2/h3-11H,12-13H2,1-2H3,(H,22,24). The fraction of sp³-hybridized carbons (Fsp3) is 0.190. The van der Waals surface area contributed by atoms with Gasteiger partial charge in [-0.05, 0) is 31.2 Å². The summed E-state index contributed by atoms with van der Waals surface area (Å²) >= 11 is 1.44. The molecule has 3 aromatic rings. The molecule has 0 saturated heterocycles. The van der Waals surface area contributed by atoms with E-state index in [4.69, 9.17) is 14.0 Å². The second kappa shape index (κ2) is 9.79. The number of esters is 1. The Balaban J connectivity index is 1.56. The average Bonchev–Trinajstić information content (AvgIpc) is 3.16. The average molecular weight is 412 g/mol. The third kappa shape index (κ3) is 5.86. The Bertz CT molecular complexity index is 1000. The van der Waals surface area contributed by atoms with Gasteiger partial charge >= 0.3 is 5.97 Å². The van der Waals surface area contributed by atoms with E-state index in [9.17, 15) is 9.59 Å². The summed E-state index contributed by atoms with van der Waals surface area (Å²) in [7, 11) is 1.54. The molecule has 0 saturated carbocycles. The molecule has 1 heterocycles. The van der Waals surface area contributed by atoms with E-state index in [1.807, 2.05) is 25.1 Å². The van der Waals surface area contributed by atoms with Crippen LogP contribution in [0.5, 0.6) is 5.75 Å². The molecule has 0 aliphatic rings. The van der Waals surface area contributed by atoms with Crippen molar-refractivity contribution in [1.82, 2.24) is 5.16 Å². The second-order valence-corrected chi connectivity index (χ2v) is 7.09. The van der Waals surface area contributed by atoms with E-state index in [1.54, 1.807) is 43.5 Å². The highest BCUT2D eigenvalue weighted by Crippen LogP contribution is 2.26. The fourth-order valence-electron chi connectivity index (χ4n) is 2.51. The van der Waals surface area contributed by atoms with Gasteiger partial charge in [-0.15, -0.1) is 11.8 Å². The minimum Gasteiger partial charge on any atom is -0.497 e. The summed E-state index contributed by atoms with van der Waals surface area (Å²) in [6.45, 7) is 1.43. The molecule has 150 valence electrons. The lowest BCUT2D eigenvalue weighted by Gasteiger charge is -2.10. The maximum atomic E-state index is 12.5. The number of ether oxygens (including phenoxy) is 2. The lowest BCUT2D eigenvalue weighted by atomic mass is 10.2. The number of carbonyl (C=O) groups excluding carboxylic acids is 2. The first-order valence-electron chi connectivity index (χ1n) is 8.80. The number of hydrogen-bond donors (Lipinski definition) is 1. The molecule has 0 fully saturated rings. The summed E-state index contributed by atoms with van der Waals surface area (Å²) in [5.74, 6) is 0.904. The third-order valence-electron chi connectivity index (χ3n) is 3.85. The number of aryl methyl sites for hydroxylation is 1. The Hall–Kier alpha value is -3.26. The first-order chi connectivity index (χ1) is 14.0. The largest absolute Gasteiger partial charge is 0.497 e. The first kappa shape index (κ1) is 20.5. The third-order valence-corrected chi connectivity index (χ3v) is 4.95. The summed E-state index contributed by atoms with van der Waals surface area (Å²) in [6.07, 6.45) is 0. The smallest absolute Gasteiger partial charge is 0.339 e. The molecule has 8 heteroatoms. The van der Waals surface area contributed by atoms with Gasteiger partial charge in [0.1, 0.15) is 11.5 Å². The minimum absolute atomic E-state index is 0.391. The van der Waals surface area contributed by atoms with E-state index in [2.05, 4.69) is 10.5 Å². The van der Waals surface area contributed by atoms with Gasteiger partial charge in [-0.25, -0.2) is 4.79 Å². The predicted octanol–water partition coefficient (Wildman–Crippen LogP) is 4.08. The van der Waals surface area contributed by atoms with Crippen LogP contribution in [0.15, 0.2) is 64.0 Å². The SMILES string of the molecule is COc1cccc(NC(=O)COC(=O)c2ccccc2SCc2cc(C)on2)c1. The molecule has 1 N–H and O–H groups in total. The van der Waals surface area contributed by atoms with Crippen LogP contribution in [0.3, 0.4) is 0 Å². The van der Waals surface area contributed by atoms with Crippen molar-refractivity contribution in [3.05, 3.63) is 71.6 Å². The molecule has 0 bridgehead atoms. The second-order valence-electron chi connectivity index (χ2n) is 6.07. The van der Waals surface area contributed by atoms with E-state index in [-0.39, 0.29) is 0 Å². The number of anilines is 1. The van der Waals surface area contributed by atoms with Crippen molar-refractivity contribution in [2.24, 2.45) is 0 Å². The van der Waals surface area contributed by atoms with Crippen LogP contribution in [0.4, 0.5) is 5.69 Å². The van der Waals surface area contributed by atoms with Gasteiger partial charge < -0.3 is 19.3 Å². The zero-order valence-electron chi connectivity index (χ0n) is 16.0. The van der Waals surface area contributed by atoms with Crippen molar-refractivity contribution < 1.29 is 23.6 Å².